The van der Waals surface area contributed by atoms with Gasteiger partial charge in [-0.05, 0) is 54.1 Å². The van der Waals surface area contributed by atoms with Crippen molar-refractivity contribution in [2.24, 2.45) is 5.92 Å². The number of carbonyl (C=O) groups is 2. The molecule has 6 nitrogen and oxygen atoms in total. The van der Waals surface area contributed by atoms with Crippen LogP contribution in [0.5, 0.6) is 0 Å². The molecule has 0 saturated heterocycles. The minimum Gasteiger partial charge on any atom is -0.384 e. The fraction of sp³-hybridized carbons (Fsp3) is 0.136. The van der Waals surface area contributed by atoms with Gasteiger partial charge in [0, 0.05) is 21.7 Å². The van der Waals surface area contributed by atoms with E-state index in [1.807, 2.05) is 0 Å². The summed E-state index contributed by atoms with van der Waals surface area (Å²) in [5.74, 6) is -1.67. The number of hydrogen-bond donors (Lipinski definition) is 3. The molecule has 1 aromatic heterocycles. The summed E-state index contributed by atoms with van der Waals surface area (Å²) in [4.78, 5) is 29.6. The SMILES string of the molecule is Nc1cccc(NC(=O)c2cc(NC(=O)[C@@H]3[C@@H](c4cc(Cl)cc(Cl)c4)C3(Cl)Cl)ccc2Cl)n1. The molecular weight excluding hydrogens is 530 g/mol. The van der Waals surface area contributed by atoms with Gasteiger partial charge in [0.15, 0.2) is 0 Å². The van der Waals surface area contributed by atoms with Crippen molar-refractivity contribution in [3.63, 3.8) is 0 Å². The maximum Gasteiger partial charge on any atom is 0.258 e. The zero-order chi connectivity index (χ0) is 23.9. The molecule has 4 N–H and O–H groups in total. The van der Waals surface area contributed by atoms with E-state index < -0.39 is 28.0 Å². The molecule has 1 aliphatic rings. The van der Waals surface area contributed by atoms with E-state index in [0.29, 0.717) is 21.3 Å². The Bertz CT molecular complexity index is 1250. The molecule has 0 aliphatic heterocycles. The van der Waals surface area contributed by atoms with Gasteiger partial charge in [-0.15, -0.1) is 23.2 Å². The molecule has 0 unspecified atom stereocenters. The summed E-state index contributed by atoms with van der Waals surface area (Å²) in [6.45, 7) is 0. The zero-order valence-corrected chi connectivity index (χ0v) is 20.4. The Balaban J connectivity index is 1.51. The fourth-order valence-electron chi connectivity index (χ4n) is 3.52. The molecule has 4 rings (SSSR count). The van der Waals surface area contributed by atoms with Gasteiger partial charge < -0.3 is 16.4 Å². The normalized spacial score (nSPS) is 18.5. The van der Waals surface area contributed by atoms with E-state index in [1.165, 1.54) is 12.1 Å². The molecule has 2 atom stereocenters. The Morgan fingerprint density at radius 3 is 2.30 bits per heavy atom. The van der Waals surface area contributed by atoms with Gasteiger partial charge in [-0.3, -0.25) is 9.59 Å². The molecule has 1 aliphatic carbocycles. The number of nitrogen functional groups attached to an aromatic ring is 1. The van der Waals surface area contributed by atoms with Gasteiger partial charge in [-0.1, -0.05) is 40.9 Å². The molecular formula is C22H15Cl5N4O2. The molecule has 0 bridgehead atoms. The van der Waals surface area contributed by atoms with Crippen molar-refractivity contribution in [1.29, 1.82) is 0 Å². The topological polar surface area (TPSA) is 97.1 Å². The first-order chi connectivity index (χ1) is 15.6. The summed E-state index contributed by atoms with van der Waals surface area (Å²) in [7, 11) is 0. The van der Waals surface area contributed by atoms with E-state index in [4.69, 9.17) is 63.7 Å². The molecule has 2 aromatic carbocycles. The molecule has 33 heavy (non-hydrogen) atoms. The summed E-state index contributed by atoms with van der Waals surface area (Å²) < 4.78 is -1.33. The summed E-state index contributed by atoms with van der Waals surface area (Å²) in [5, 5.41) is 6.37. The Kier molecular flexibility index (Phi) is 6.67. The first-order valence-corrected chi connectivity index (χ1v) is 11.4. The Morgan fingerprint density at radius 1 is 0.939 bits per heavy atom. The first kappa shape index (κ1) is 23.9. The number of benzene rings is 2. The second-order valence-electron chi connectivity index (χ2n) is 7.42. The van der Waals surface area contributed by atoms with Crippen LogP contribution in [0.4, 0.5) is 17.3 Å². The number of alkyl halides is 2. The van der Waals surface area contributed by atoms with Crippen molar-refractivity contribution < 1.29 is 9.59 Å². The van der Waals surface area contributed by atoms with Gasteiger partial charge in [0.1, 0.15) is 16.0 Å². The summed E-state index contributed by atoms with van der Waals surface area (Å²) in [6, 6.07) is 14.2. The molecule has 11 heteroatoms. The van der Waals surface area contributed by atoms with Gasteiger partial charge in [-0.2, -0.15) is 0 Å². The van der Waals surface area contributed by atoms with E-state index in [1.54, 1.807) is 42.5 Å². The van der Waals surface area contributed by atoms with Crippen LogP contribution in [0.2, 0.25) is 15.1 Å². The fourth-order valence-corrected chi connectivity index (χ4v) is 5.10. The van der Waals surface area contributed by atoms with E-state index in [2.05, 4.69) is 15.6 Å². The first-order valence-electron chi connectivity index (χ1n) is 9.54. The number of pyridine rings is 1. The highest BCUT2D eigenvalue weighted by atomic mass is 35.5. The molecule has 2 amide bonds. The number of hydrogen-bond acceptors (Lipinski definition) is 4. The standard InChI is InChI=1S/C22H15Cl5N4O2/c23-11-6-10(7-12(24)8-11)18-19(22(18,26)27)21(33)29-13-4-5-15(25)14(9-13)20(32)31-17-3-1-2-16(28)30-17/h1-9,18-19H,(H,29,33)(H3,28,30,31,32)/t18-,19+/m1/s1. The largest absolute Gasteiger partial charge is 0.384 e. The third kappa shape index (κ3) is 5.15. The lowest BCUT2D eigenvalue weighted by Gasteiger charge is -2.10. The van der Waals surface area contributed by atoms with Gasteiger partial charge in [0.05, 0.1) is 16.5 Å². The highest BCUT2D eigenvalue weighted by Gasteiger charge is 2.67. The minimum atomic E-state index is -1.33. The lowest BCUT2D eigenvalue weighted by Crippen LogP contribution is -2.18. The van der Waals surface area contributed by atoms with Crippen LogP contribution in [0.1, 0.15) is 21.8 Å². The number of halogens is 5. The quantitative estimate of drug-likeness (QED) is 0.324. The Hall–Kier alpha value is -2.22. The van der Waals surface area contributed by atoms with Crippen LogP contribution in [0.25, 0.3) is 0 Å². The Labute approximate surface area is 214 Å². The number of amides is 2. The van der Waals surface area contributed by atoms with Gasteiger partial charge in [0.2, 0.25) is 5.91 Å². The third-order valence-electron chi connectivity index (χ3n) is 5.07. The van der Waals surface area contributed by atoms with Gasteiger partial charge >= 0.3 is 0 Å². The maximum absolute atomic E-state index is 12.9. The smallest absolute Gasteiger partial charge is 0.258 e. The van der Waals surface area contributed by atoms with Gasteiger partial charge in [0.25, 0.3) is 5.91 Å². The number of nitrogens with one attached hydrogen (secondary N) is 2. The number of nitrogens with zero attached hydrogens (tertiary/aromatic N) is 1. The van der Waals surface area contributed by atoms with Crippen molar-refractivity contribution in [2.75, 3.05) is 16.4 Å². The van der Waals surface area contributed by atoms with Crippen LogP contribution in [0.3, 0.4) is 0 Å². The van der Waals surface area contributed by atoms with E-state index >= 15 is 0 Å². The van der Waals surface area contributed by atoms with Crippen LogP contribution < -0.4 is 16.4 Å². The molecule has 1 heterocycles. The van der Waals surface area contributed by atoms with E-state index in [9.17, 15) is 9.59 Å². The predicted molar refractivity (Wildman–Crippen MR) is 134 cm³/mol. The predicted octanol–water partition coefficient (Wildman–Crippen LogP) is 6.40. The van der Waals surface area contributed by atoms with Crippen LogP contribution in [0, 0.1) is 5.92 Å². The van der Waals surface area contributed by atoms with Gasteiger partial charge in [-0.25, -0.2) is 4.98 Å². The minimum absolute atomic E-state index is 0.135. The average molecular weight is 545 g/mol. The van der Waals surface area contributed by atoms with Crippen molar-refractivity contribution >= 4 is 87.1 Å². The number of anilines is 3. The summed E-state index contributed by atoms with van der Waals surface area (Å²) in [5.41, 5.74) is 6.77. The second kappa shape index (κ2) is 9.20. The number of carbonyl (C=O) groups excluding carboxylic acids is 2. The van der Waals surface area contributed by atoms with E-state index in [-0.39, 0.29) is 22.2 Å². The lowest BCUT2D eigenvalue weighted by molar-refractivity contribution is -0.117. The molecule has 3 aromatic rings. The monoisotopic (exact) mass is 542 g/mol. The van der Waals surface area contributed by atoms with Crippen LogP contribution >= 0.6 is 58.0 Å². The van der Waals surface area contributed by atoms with Crippen LogP contribution in [0.15, 0.2) is 54.6 Å². The number of aromatic nitrogens is 1. The zero-order valence-electron chi connectivity index (χ0n) is 16.6. The van der Waals surface area contributed by atoms with Crippen LogP contribution in [-0.4, -0.2) is 21.1 Å². The lowest BCUT2D eigenvalue weighted by atomic mass is 10.1. The highest BCUT2D eigenvalue weighted by Crippen LogP contribution is 2.65. The van der Waals surface area contributed by atoms with Crippen LogP contribution in [-0.2, 0) is 4.79 Å². The highest BCUT2D eigenvalue weighted by molar-refractivity contribution is 6.53. The molecule has 1 fully saturated rings. The third-order valence-corrected chi connectivity index (χ3v) is 6.78. The second-order valence-corrected chi connectivity index (χ2v) is 10.1. The molecule has 1 saturated carbocycles. The van der Waals surface area contributed by atoms with Crippen molar-refractivity contribution in [2.45, 2.75) is 10.3 Å². The van der Waals surface area contributed by atoms with Crippen molar-refractivity contribution in [3.05, 3.63) is 80.8 Å². The molecule has 170 valence electrons. The number of rotatable bonds is 5. The molecule has 0 spiro atoms. The van der Waals surface area contributed by atoms with Crippen molar-refractivity contribution in [3.8, 4) is 0 Å². The maximum atomic E-state index is 12.9. The van der Waals surface area contributed by atoms with E-state index in [0.717, 1.165) is 0 Å². The summed E-state index contributed by atoms with van der Waals surface area (Å²) in [6.07, 6.45) is 0. The van der Waals surface area contributed by atoms with Crippen molar-refractivity contribution in [1.82, 2.24) is 4.98 Å². The summed E-state index contributed by atoms with van der Waals surface area (Å²) >= 11 is 31.1. The number of nitrogens with two attached hydrogens (primary N) is 1. The molecule has 0 radical (unpaired) electrons. The Morgan fingerprint density at radius 2 is 1.64 bits per heavy atom. The average Bonchev–Trinajstić information content (AvgIpc) is 3.31.